The van der Waals surface area contributed by atoms with Crippen molar-refractivity contribution in [2.45, 2.75) is 19.9 Å². The second-order valence-electron chi connectivity index (χ2n) is 4.64. The van der Waals surface area contributed by atoms with Gasteiger partial charge in [-0.3, -0.25) is 9.36 Å². The van der Waals surface area contributed by atoms with Crippen LogP contribution in [0, 0.1) is 11.3 Å². The van der Waals surface area contributed by atoms with E-state index in [4.69, 9.17) is 5.26 Å². The molecule has 0 atom stereocenters. The van der Waals surface area contributed by atoms with Gasteiger partial charge in [-0.1, -0.05) is 37.3 Å². The summed E-state index contributed by atoms with van der Waals surface area (Å²) in [5.41, 5.74) is 0.703. The first-order valence-electron chi connectivity index (χ1n) is 6.70. The number of aromatic nitrogens is 2. The molecule has 3 rings (SSSR count). The molecule has 104 valence electrons. The maximum Gasteiger partial charge on any atom is 0.263 e. The van der Waals surface area contributed by atoms with Crippen LogP contribution < -0.4 is 5.56 Å². The first-order valence-corrected chi connectivity index (χ1v) is 7.52. The molecule has 0 aliphatic carbocycles. The van der Waals surface area contributed by atoms with Crippen LogP contribution in [0.3, 0.4) is 0 Å². The van der Waals surface area contributed by atoms with Crippen LogP contribution in [0.2, 0.25) is 0 Å². The highest BCUT2D eigenvalue weighted by Crippen LogP contribution is 2.25. The first-order chi connectivity index (χ1) is 10.2. The van der Waals surface area contributed by atoms with Crippen LogP contribution in [-0.4, -0.2) is 9.55 Å². The molecule has 5 heteroatoms. The lowest BCUT2D eigenvalue weighted by atomic mass is 10.2. The quantitative estimate of drug-likeness (QED) is 0.745. The van der Waals surface area contributed by atoms with E-state index in [-0.39, 0.29) is 12.1 Å². The molecule has 21 heavy (non-hydrogen) atoms. The minimum absolute atomic E-state index is 0.00328. The zero-order chi connectivity index (χ0) is 14.8. The van der Waals surface area contributed by atoms with Crippen molar-refractivity contribution in [2.24, 2.45) is 0 Å². The standard InChI is InChI=1S/C16H13N3OS/c1-2-12-10-13-15(21-12)18-14(11-6-4-3-5-7-11)19(9-8-17)16(13)20/h3-7,10H,2,9H2,1H3. The van der Waals surface area contributed by atoms with Gasteiger partial charge in [0.15, 0.2) is 0 Å². The number of rotatable bonds is 3. The third-order valence-corrected chi connectivity index (χ3v) is 4.48. The summed E-state index contributed by atoms with van der Waals surface area (Å²) < 4.78 is 1.45. The van der Waals surface area contributed by atoms with Gasteiger partial charge in [0.05, 0.1) is 11.5 Å². The minimum atomic E-state index is -0.142. The molecule has 0 fully saturated rings. The molecule has 0 spiro atoms. The summed E-state index contributed by atoms with van der Waals surface area (Å²) in [7, 11) is 0. The predicted octanol–water partition coefficient (Wildman–Crippen LogP) is 3.21. The Balaban J connectivity index is 2.35. The number of benzene rings is 1. The molecule has 0 unspecified atom stereocenters. The average molecular weight is 295 g/mol. The van der Waals surface area contributed by atoms with Crippen LogP contribution in [0.25, 0.3) is 21.6 Å². The SMILES string of the molecule is CCc1cc2c(=O)n(CC#N)c(-c3ccccc3)nc2s1. The van der Waals surface area contributed by atoms with Gasteiger partial charge in [-0.05, 0) is 12.5 Å². The fourth-order valence-corrected chi connectivity index (χ4v) is 3.22. The highest BCUT2D eigenvalue weighted by Gasteiger charge is 2.14. The van der Waals surface area contributed by atoms with E-state index in [1.54, 1.807) is 0 Å². The summed E-state index contributed by atoms with van der Waals surface area (Å²) in [5, 5.41) is 9.61. The van der Waals surface area contributed by atoms with Gasteiger partial charge < -0.3 is 0 Å². The maximum atomic E-state index is 12.6. The molecule has 0 radical (unpaired) electrons. The van der Waals surface area contributed by atoms with Crippen LogP contribution in [0.15, 0.2) is 41.2 Å². The highest BCUT2D eigenvalue weighted by atomic mass is 32.1. The van der Waals surface area contributed by atoms with E-state index in [1.807, 2.05) is 42.5 Å². The van der Waals surface area contributed by atoms with Crippen molar-refractivity contribution < 1.29 is 0 Å². The number of nitriles is 1. The van der Waals surface area contributed by atoms with E-state index in [1.165, 1.54) is 15.9 Å². The predicted molar refractivity (Wildman–Crippen MR) is 84.3 cm³/mol. The lowest BCUT2D eigenvalue weighted by Gasteiger charge is -2.08. The van der Waals surface area contributed by atoms with Crippen LogP contribution >= 0.6 is 11.3 Å². The molecule has 0 amide bonds. The Bertz CT molecular complexity index is 888. The smallest absolute Gasteiger partial charge is 0.263 e. The van der Waals surface area contributed by atoms with Crippen LogP contribution in [0.4, 0.5) is 0 Å². The van der Waals surface area contributed by atoms with E-state index in [2.05, 4.69) is 11.9 Å². The highest BCUT2D eigenvalue weighted by molar-refractivity contribution is 7.18. The van der Waals surface area contributed by atoms with Crippen molar-refractivity contribution in [1.29, 1.82) is 5.26 Å². The summed E-state index contributed by atoms with van der Waals surface area (Å²) in [6.45, 7) is 2.06. The maximum absolute atomic E-state index is 12.6. The molecular weight excluding hydrogens is 282 g/mol. The molecule has 0 saturated heterocycles. The molecule has 3 aromatic rings. The summed E-state index contributed by atoms with van der Waals surface area (Å²) in [5.74, 6) is 0.555. The molecule has 2 aromatic heterocycles. The third kappa shape index (κ3) is 2.34. The van der Waals surface area contributed by atoms with Crippen LogP contribution in [-0.2, 0) is 13.0 Å². The average Bonchev–Trinajstić information content (AvgIpc) is 2.94. The number of hydrogen-bond donors (Lipinski definition) is 0. The number of hydrogen-bond acceptors (Lipinski definition) is 4. The second-order valence-corrected chi connectivity index (χ2v) is 5.75. The summed E-state index contributed by atoms with van der Waals surface area (Å²) in [6, 6.07) is 13.4. The Morgan fingerprint density at radius 1 is 1.33 bits per heavy atom. The van der Waals surface area contributed by atoms with E-state index < -0.39 is 0 Å². The molecule has 0 bridgehead atoms. The zero-order valence-electron chi connectivity index (χ0n) is 11.5. The van der Waals surface area contributed by atoms with Crippen molar-refractivity contribution in [1.82, 2.24) is 9.55 Å². The Kier molecular flexibility index (Phi) is 3.55. The first kappa shape index (κ1) is 13.5. The molecule has 1 aromatic carbocycles. The monoisotopic (exact) mass is 295 g/mol. The van der Waals surface area contributed by atoms with E-state index in [0.29, 0.717) is 11.2 Å². The number of nitrogens with zero attached hydrogens (tertiary/aromatic N) is 3. The van der Waals surface area contributed by atoms with Crippen LogP contribution in [0.1, 0.15) is 11.8 Å². The number of thiophene rings is 1. The van der Waals surface area contributed by atoms with Gasteiger partial charge in [0.2, 0.25) is 0 Å². The lowest BCUT2D eigenvalue weighted by Crippen LogP contribution is -2.22. The number of fused-ring (bicyclic) bond motifs is 1. The Hall–Kier alpha value is -2.45. The van der Waals surface area contributed by atoms with Crippen molar-refractivity contribution in [2.75, 3.05) is 0 Å². The fourth-order valence-electron chi connectivity index (χ4n) is 2.26. The normalized spacial score (nSPS) is 10.7. The van der Waals surface area contributed by atoms with Crippen LogP contribution in [0.5, 0.6) is 0 Å². The van der Waals surface area contributed by atoms with Crippen molar-refractivity contribution in [3.63, 3.8) is 0 Å². The Labute approximate surface area is 125 Å². The van der Waals surface area contributed by atoms with Gasteiger partial charge in [0, 0.05) is 10.4 Å². The van der Waals surface area contributed by atoms with E-state index >= 15 is 0 Å². The number of aryl methyl sites for hydroxylation is 1. The second kappa shape index (κ2) is 5.51. The van der Waals surface area contributed by atoms with Gasteiger partial charge in [-0.2, -0.15) is 5.26 Å². The van der Waals surface area contributed by atoms with Crippen molar-refractivity contribution in [3.05, 3.63) is 51.6 Å². The molecular formula is C16H13N3OS. The van der Waals surface area contributed by atoms with E-state index in [0.717, 1.165) is 21.7 Å². The molecule has 0 aliphatic rings. The van der Waals surface area contributed by atoms with Gasteiger partial charge in [0.1, 0.15) is 17.2 Å². The Morgan fingerprint density at radius 2 is 2.10 bits per heavy atom. The summed E-state index contributed by atoms with van der Waals surface area (Å²) in [4.78, 5) is 19.1. The molecule has 0 saturated carbocycles. The Morgan fingerprint density at radius 3 is 2.76 bits per heavy atom. The summed E-state index contributed by atoms with van der Waals surface area (Å²) in [6.07, 6.45) is 0.874. The lowest BCUT2D eigenvalue weighted by molar-refractivity contribution is 0.788. The van der Waals surface area contributed by atoms with Gasteiger partial charge in [-0.25, -0.2) is 4.98 Å². The topological polar surface area (TPSA) is 58.7 Å². The largest absolute Gasteiger partial charge is 0.278 e. The third-order valence-electron chi connectivity index (χ3n) is 3.31. The molecule has 0 N–H and O–H groups in total. The van der Waals surface area contributed by atoms with Gasteiger partial charge in [-0.15, -0.1) is 11.3 Å². The van der Waals surface area contributed by atoms with Crippen molar-refractivity contribution in [3.8, 4) is 17.5 Å². The molecule has 2 heterocycles. The minimum Gasteiger partial charge on any atom is -0.278 e. The van der Waals surface area contributed by atoms with Gasteiger partial charge >= 0.3 is 0 Å². The summed E-state index contributed by atoms with van der Waals surface area (Å²) >= 11 is 1.54. The fraction of sp³-hybridized carbons (Fsp3) is 0.188. The van der Waals surface area contributed by atoms with Gasteiger partial charge in [0.25, 0.3) is 5.56 Å². The molecule has 4 nitrogen and oxygen atoms in total. The van der Waals surface area contributed by atoms with E-state index in [9.17, 15) is 4.79 Å². The van der Waals surface area contributed by atoms with Crippen molar-refractivity contribution >= 4 is 21.6 Å². The molecule has 0 aliphatic heterocycles. The zero-order valence-corrected chi connectivity index (χ0v) is 12.4.